The molecule has 5 nitrogen and oxygen atoms in total. The van der Waals surface area contributed by atoms with Crippen LogP contribution in [0.1, 0.15) is 39.3 Å². The molecule has 1 saturated heterocycles. The van der Waals surface area contributed by atoms with Crippen molar-refractivity contribution in [2.24, 2.45) is 23.7 Å². The quantitative estimate of drug-likeness (QED) is 0.733. The smallest absolute Gasteiger partial charge is 0.338 e. The summed E-state index contributed by atoms with van der Waals surface area (Å²) in [4.78, 5) is 16.9. The van der Waals surface area contributed by atoms with Crippen molar-refractivity contribution in [3.63, 3.8) is 0 Å². The Balaban J connectivity index is 1.59. The lowest BCUT2D eigenvalue weighted by Gasteiger charge is -2.45. The second-order valence-electron chi connectivity index (χ2n) is 8.77. The highest BCUT2D eigenvalue weighted by Crippen LogP contribution is 2.52. The number of rotatable bonds is 4. The summed E-state index contributed by atoms with van der Waals surface area (Å²) in [5.41, 5.74) is 1.40. The molecule has 2 heterocycles. The zero-order valence-electron chi connectivity index (χ0n) is 17.7. The zero-order chi connectivity index (χ0) is 21.5. The molecule has 0 spiro atoms. The van der Waals surface area contributed by atoms with Gasteiger partial charge in [0.25, 0.3) is 0 Å². The Morgan fingerprint density at radius 2 is 1.87 bits per heavy atom. The zero-order valence-corrected chi connectivity index (χ0v) is 17.7. The summed E-state index contributed by atoms with van der Waals surface area (Å²) < 4.78 is 5.45. The van der Waals surface area contributed by atoms with Gasteiger partial charge in [-0.2, -0.15) is 0 Å². The summed E-state index contributed by atoms with van der Waals surface area (Å²) >= 11 is 0. The summed E-state index contributed by atoms with van der Waals surface area (Å²) in [6.45, 7) is 6.16. The number of fused-ring (bicyclic) bond motifs is 1. The Hall–Kier alpha value is -2.66. The SMILES string of the molecule is CCC1C(C)CC2(O)C(=O)O[C@H](C)C2C1/C=C/c1ccc(-c2ccc(O)cc2)cn1. The van der Waals surface area contributed by atoms with Crippen molar-refractivity contribution in [2.45, 2.75) is 45.3 Å². The summed E-state index contributed by atoms with van der Waals surface area (Å²) in [6, 6.07) is 11.0. The van der Waals surface area contributed by atoms with Gasteiger partial charge in [-0.25, -0.2) is 4.79 Å². The lowest BCUT2D eigenvalue weighted by atomic mass is 9.59. The molecule has 0 radical (unpaired) electrons. The van der Waals surface area contributed by atoms with Crippen LogP contribution in [0.2, 0.25) is 0 Å². The number of nitrogens with zero attached hydrogens (tertiary/aromatic N) is 1. The predicted octanol–water partition coefficient (Wildman–Crippen LogP) is 4.44. The van der Waals surface area contributed by atoms with Crippen molar-refractivity contribution in [1.82, 2.24) is 4.98 Å². The fourth-order valence-electron chi connectivity index (χ4n) is 5.48. The monoisotopic (exact) mass is 407 g/mol. The van der Waals surface area contributed by atoms with Gasteiger partial charge >= 0.3 is 5.97 Å². The van der Waals surface area contributed by atoms with Crippen LogP contribution in [0.15, 0.2) is 48.7 Å². The number of carbonyl (C=O) groups is 1. The van der Waals surface area contributed by atoms with E-state index in [0.717, 1.165) is 23.2 Å². The lowest BCUT2D eigenvalue weighted by Crippen LogP contribution is -2.53. The number of allylic oxidation sites excluding steroid dienone is 1. The molecule has 2 aliphatic rings. The largest absolute Gasteiger partial charge is 0.508 e. The Labute approximate surface area is 177 Å². The number of aromatic nitrogens is 1. The standard InChI is InChI=1S/C25H29NO4/c1-4-21-15(2)13-25(29)23(16(3)30-24(25)28)22(21)12-9-19-8-5-18(14-26-19)17-6-10-20(27)11-7-17/h5-12,14-16,21-23,27,29H,4,13H2,1-3H3/b12-9+/t15?,16-,21?,22?,23?,25?/m1/s1. The van der Waals surface area contributed by atoms with Crippen molar-refractivity contribution in [3.8, 4) is 16.9 Å². The van der Waals surface area contributed by atoms with Crippen molar-refractivity contribution in [1.29, 1.82) is 0 Å². The molecule has 0 bridgehead atoms. The number of ether oxygens (including phenoxy) is 1. The minimum Gasteiger partial charge on any atom is -0.508 e. The van der Waals surface area contributed by atoms with Crippen molar-refractivity contribution < 1.29 is 19.7 Å². The molecule has 158 valence electrons. The van der Waals surface area contributed by atoms with Gasteiger partial charge in [0.15, 0.2) is 5.60 Å². The van der Waals surface area contributed by atoms with Crippen LogP contribution in [0.25, 0.3) is 17.2 Å². The first-order valence-corrected chi connectivity index (χ1v) is 10.7. The molecule has 2 aromatic rings. The molecule has 1 saturated carbocycles. The maximum atomic E-state index is 12.4. The van der Waals surface area contributed by atoms with E-state index in [-0.39, 0.29) is 29.6 Å². The fourth-order valence-corrected chi connectivity index (χ4v) is 5.48. The third-order valence-corrected chi connectivity index (χ3v) is 6.92. The Bertz CT molecular complexity index is 937. The number of aliphatic hydroxyl groups is 1. The number of cyclic esters (lactones) is 1. The molecule has 4 rings (SSSR count). The molecule has 6 atom stereocenters. The van der Waals surface area contributed by atoms with Gasteiger partial charge in [0.1, 0.15) is 11.9 Å². The van der Waals surface area contributed by atoms with Gasteiger partial charge in [0.2, 0.25) is 0 Å². The van der Waals surface area contributed by atoms with E-state index in [2.05, 4.69) is 24.9 Å². The van der Waals surface area contributed by atoms with E-state index >= 15 is 0 Å². The van der Waals surface area contributed by atoms with Gasteiger partial charge in [-0.05, 0) is 60.9 Å². The number of benzene rings is 1. The third-order valence-electron chi connectivity index (χ3n) is 6.92. The van der Waals surface area contributed by atoms with Crippen LogP contribution < -0.4 is 0 Å². The summed E-state index contributed by atoms with van der Waals surface area (Å²) in [6.07, 6.45) is 7.06. The van der Waals surface area contributed by atoms with Gasteiger partial charge in [-0.15, -0.1) is 0 Å². The number of esters is 1. The maximum Gasteiger partial charge on any atom is 0.338 e. The van der Waals surface area contributed by atoms with E-state index in [1.807, 2.05) is 43.5 Å². The number of hydrogen-bond donors (Lipinski definition) is 2. The fraction of sp³-hybridized carbons (Fsp3) is 0.440. The van der Waals surface area contributed by atoms with Crippen molar-refractivity contribution in [3.05, 3.63) is 54.4 Å². The number of aromatic hydroxyl groups is 1. The highest BCUT2D eigenvalue weighted by Gasteiger charge is 2.62. The normalized spacial score (nSPS) is 33.5. The van der Waals surface area contributed by atoms with Crippen LogP contribution in [-0.4, -0.2) is 32.9 Å². The third kappa shape index (κ3) is 3.52. The van der Waals surface area contributed by atoms with Crippen LogP contribution >= 0.6 is 0 Å². The average Bonchev–Trinajstić information content (AvgIpc) is 2.95. The maximum absolute atomic E-state index is 12.4. The molecular weight excluding hydrogens is 378 g/mol. The number of pyridine rings is 1. The minimum atomic E-state index is -1.39. The van der Waals surface area contributed by atoms with Gasteiger partial charge < -0.3 is 14.9 Å². The first-order valence-electron chi connectivity index (χ1n) is 10.7. The highest BCUT2D eigenvalue weighted by molar-refractivity contribution is 5.82. The first-order chi connectivity index (χ1) is 14.3. The lowest BCUT2D eigenvalue weighted by molar-refractivity contribution is -0.160. The molecule has 5 heteroatoms. The number of hydrogen-bond acceptors (Lipinski definition) is 5. The van der Waals surface area contributed by atoms with E-state index in [1.54, 1.807) is 12.1 Å². The molecule has 1 aromatic heterocycles. The summed E-state index contributed by atoms with van der Waals surface area (Å²) in [7, 11) is 0. The van der Waals surface area contributed by atoms with E-state index in [1.165, 1.54) is 0 Å². The van der Waals surface area contributed by atoms with Gasteiger partial charge in [0.05, 0.1) is 5.69 Å². The first kappa shape index (κ1) is 20.6. The Morgan fingerprint density at radius 3 is 2.50 bits per heavy atom. The van der Waals surface area contributed by atoms with E-state index < -0.39 is 11.6 Å². The topological polar surface area (TPSA) is 79.7 Å². The van der Waals surface area contributed by atoms with Crippen LogP contribution in [0.4, 0.5) is 0 Å². The minimum absolute atomic E-state index is 0.0452. The molecule has 5 unspecified atom stereocenters. The van der Waals surface area contributed by atoms with Crippen LogP contribution in [0.5, 0.6) is 5.75 Å². The predicted molar refractivity (Wildman–Crippen MR) is 115 cm³/mol. The number of phenolic OH excluding ortho intramolecular Hbond substituents is 1. The molecule has 30 heavy (non-hydrogen) atoms. The van der Waals surface area contributed by atoms with Gasteiger partial charge in [0, 0.05) is 17.7 Å². The summed E-state index contributed by atoms with van der Waals surface area (Å²) in [5.74, 6) is 0.175. The molecule has 1 aliphatic heterocycles. The number of phenols is 1. The molecular formula is C25H29NO4. The van der Waals surface area contributed by atoms with E-state index in [4.69, 9.17) is 4.74 Å². The molecule has 0 amide bonds. The Kier molecular flexibility index (Phi) is 5.41. The Morgan fingerprint density at radius 1 is 1.17 bits per heavy atom. The average molecular weight is 408 g/mol. The van der Waals surface area contributed by atoms with Crippen LogP contribution in [0.3, 0.4) is 0 Å². The molecule has 1 aliphatic carbocycles. The molecule has 1 aromatic carbocycles. The number of carbonyl (C=O) groups excluding carboxylic acids is 1. The van der Waals surface area contributed by atoms with Crippen LogP contribution in [-0.2, 0) is 9.53 Å². The highest BCUT2D eigenvalue weighted by atomic mass is 16.6. The van der Waals surface area contributed by atoms with Crippen molar-refractivity contribution in [2.75, 3.05) is 0 Å². The summed E-state index contributed by atoms with van der Waals surface area (Å²) in [5, 5.41) is 20.6. The van der Waals surface area contributed by atoms with Gasteiger partial charge in [-0.3, -0.25) is 4.98 Å². The van der Waals surface area contributed by atoms with E-state index in [9.17, 15) is 15.0 Å². The van der Waals surface area contributed by atoms with E-state index in [0.29, 0.717) is 12.3 Å². The second-order valence-corrected chi connectivity index (χ2v) is 8.77. The van der Waals surface area contributed by atoms with Gasteiger partial charge in [-0.1, -0.05) is 44.5 Å². The second kappa shape index (κ2) is 7.88. The van der Waals surface area contributed by atoms with Crippen LogP contribution in [0, 0.1) is 23.7 Å². The van der Waals surface area contributed by atoms with Crippen molar-refractivity contribution >= 4 is 12.0 Å². The molecule has 2 fully saturated rings. The molecule has 2 N–H and O–H groups in total.